The number of carbonyl (C=O) groups excluding carboxylic acids is 1. The van der Waals surface area contributed by atoms with Crippen molar-refractivity contribution in [2.45, 2.75) is 40.2 Å². The van der Waals surface area contributed by atoms with E-state index in [2.05, 4.69) is 38.3 Å². The first-order valence-corrected chi connectivity index (χ1v) is 6.95. The van der Waals surface area contributed by atoms with Crippen LogP contribution in [0.2, 0.25) is 0 Å². The number of nitrogens with one attached hydrogen (secondary N) is 2. The first kappa shape index (κ1) is 15.4. The smallest absolute Gasteiger partial charge is 0.246 e. The number of ether oxygens (including phenoxy) is 1. The Hall–Kier alpha value is -0.610. The highest BCUT2D eigenvalue weighted by atomic mass is 16.5. The molecule has 0 atom stereocenters. The first-order chi connectivity index (χ1) is 8.34. The Bertz CT molecular complexity index is 265. The fourth-order valence-electron chi connectivity index (χ4n) is 2.34. The molecule has 1 saturated heterocycles. The van der Waals surface area contributed by atoms with Gasteiger partial charge in [-0.2, -0.15) is 0 Å². The summed E-state index contributed by atoms with van der Waals surface area (Å²) in [6.45, 7) is 13.4. The molecule has 0 aromatic rings. The van der Waals surface area contributed by atoms with Crippen LogP contribution in [0, 0.1) is 17.8 Å². The minimum absolute atomic E-state index is 0.00516. The summed E-state index contributed by atoms with van der Waals surface area (Å²) in [6.07, 6.45) is 0. The minimum atomic E-state index is -0.146. The van der Waals surface area contributed by atoms with Crippen LogP contribution in [0.3, 0.4) is 0 Å². The third-order valence-corrected chi connectivity index (χ3v) is 3.80. The van der Waals surface area contributed by atoms with Gasteiger partial charge in [0.15, 0.2) is 0 Å². The Morgan fingerprint density at radius 3 is 2.22 bits per heavy atom. The summed E-state index contributed by atoms with van der Waals surface area (Å²) >= 11 is 0. The van der Waals surface area contributed by atoms with Crippen LogP contribution >= 0.6 is 0 Å². The summed E-state index contributed by atoms with van der Waals surface area (Å²) in [5.74, 6) is 1.68. The van der Waals surface area contributed by atoms with Crippen LogP contribution in [0.1, 0.15) is 34.6 Å². The standard InChI is InChI=1S/C14H28N2O2/c1-10(2)12(11(3)4)6-16-13(17)7-18-14(5)8-15-9-14/h10-12,15H,6-9H2,1-5H3,(H,16,17). The first-order valence-electron chi connectivity index (χ1n) is 6.95. The molecule has 4 heteroatoms. The molecule has 1 heterocycles. The van der Waals surface area contributed by atoms with Crippen LogP contribution in [0.15, 0.2) is 0 Å². The lowest BCUT2D eigenvalue weighted by Gasteiger charge is -2.38. The second kappa shape index (κ2) is 6.53. The van der Waals surface area contributed by atoms with Gasteiger partial charge in [0, 0.05) is 19.6 Å². The van der Waals surface area contributed by atoms with Gasteiger partial charge >= 0.3 is 0 Å². The van der Waals surface area contributed by atoms with E-state index in [-0.39, 0.29) is 18.1 Å². The molecule has 2 N–H and O–H groups in total. The van der Waals surface area contributed by atoms with Gasteiger partial charge in [-0.1, -0.05) is 27.7 Å². The summed E-state index contributed by atoms with van der Waals surface area (Å²) in [5.41, 5.74) is -0.146. The largest absolute Gasteiger partial charge is 0.363 e. The summed E-state index contributed by atoms with van der Waals surface area (Å²) in [5, 5.41) is 6.13. The van der Waals surface area contributed by atoms with Crippen LogP contribution in [0.25, 0.3) is 0 Å². The van der Waals surface area contributed by atoms with Crippen LogP contribution in [-0.2, 0) is 9.53 Å². The summed E-state index contributed by atoms with van der Waals surface area (Å²) < 4.78 is 5.61. The summed E-state index contributed by atoms with van der Waals surface area (Å²) in [6, 6.07) is 0. The predicted octanol–water partition coefficient (Wildman–Crippen LogP) is 1.41. The molecule has 1 fully saturated rings. The molecule has 1 rings (SSSR count). The molecule has 0 aromatic carbocycles. The van der Waals surface area contributed by atoms with Crippen molar-refractivity contribution in [2.24, 2.45) is 17.8 Å². The molecule has 4 nitrogen and oxygen atoms in total. The van der Waals surface area contributed by atoms with Gasteiger partial charge < -0.3 is 15.4 Å². The van der Waals surface area contributed by atoms with Crippen molar-refractivity contribution in [3.8, 4) is 0 Å². The second-order valence-corrected chi connectivity index (χ2v) is 6.30. The van der Waals surface area contributed by atoms with E-state index in [1.54, 1.807) is 0 Å². The maximum absolute atomic E-state index is 11.7. The molecule has 106 valence electrons. The van der Waals surface area contributed by atoms with Gasteiger partial charge in [-0.3, -0.25) is 4.79 Å². The van der Waals surface area contributed by atoms with E-state index in [9.17, 15) is 4.79 Å². The van der Waals surface area contributed by atoms with E-state index < -0.39 is 0 Å². The Balaban J connectivity index is 2.23. The fourth-order valence-corrected chi connectivity index (χ4v) is 2.34. The molecule has 1 aliphatic heterocycles. The van der Waals surface area contributed by atoms with Crippen LogP contribution in [0.4, 0.5) is 0 Å². The van der Waals surface area contributed by atoms with E-state index in [1.165, 1.54) is 0 Å². The highest BCUT2D eigenvalue weighted by molar-refractivity contribution is 5.77. The zero-order valence-corrected chi connectivity index (χ0v) is 12.4. The van der Waals surface area contributed by atoms with E-state index in [1.807, 2.05) is 6.92 Å². The van der Waals surface area contributed by atoms with Gasteiger partial charge in [0.25, 0.3) is 0 Å². The molecule has 0 unspecified atom stereocenters. The van der Waals surface area contributed by atoms with Crippen molar-refractivity contribution < 1.29 is 9.53 Å². The molecule has 0 spiro atoms. The molecule has 18 heavy (non-hydrogen) atoms. The van der Waals surface area contributed by atoms with Crippen molar-refractivity contribution in [2.75, 3.05) is 26.2 Å². The molecule has 0 radical (unpaired) electrons. The van der Waals surface area contributed by atoms with Gasteiger partial charge in [-0.15, -0.1) is 0 Å². The lowest BCUT2D eigenvalue weighted by atomic mass is 9.85. The third-order valence-electron chi connectivity index (χ3n) is 3.80. The molecule has 0 aliphatic carbocycles. The quantitative estimate of drug-likeness (QED) is 0.724. The molecular weight excluding hydrogens is 228 g/mol. The van der Waals surface area contributed by atoms with Crippen molar-refractivity contribution in [1.82, 2.24) is 10.6 Å². The highest BCUT2D eigenvalue weighted by Crippen LogP contribution is 2.19. The van der Waals surface area contributed by atoms with Crippen LogP contribution < -0.4 is 10.6 Å². The molecule has 1 aliphatic rings. The third kappa shape index (κ3) is 4.58. The van der Waals surface area contributed by atoms with Crippen molar-refractivity contribution in [1.29, 1.82) is 0 Å². The maximum atomic E-state index is 11.7. The monoisotopic (exact) mass is 256 g/mol. The topological polar surface area (TPSA) is 50.4 Å². The number of hydrogen-bond acceptors (Lipinski definition) is 3. The van der Waals surface area contributed by atoms with Gasteiger partial charge in [-0.05, 0) is 24.7 Å². The van der Waals surface area contributed by atoms with Crippen LogP contribution in [-0.4, -0.2) is 37.7 Å². The van der Waals surface area contributed by atoms with E-state index in [4.69, 9.17) is 4.74 Å². The number of amides is 1. The highest BCUT2D eigenvalue weighted by Gasteiger charge is 2.33. The van der Waals surface area contributed by atoms with Crippen molar-refractivity contribution >= 4 is 5.91 Å². The molecule has 0 saturated carbocycles. The average Bonchev–Trinajstić information content (AvgIpc) is 2.23. The van der Waals surface area contributed by atoms with E-state index in [0.29, 0.717) is 17.8 Å². The lowest BCUT2D eigenvalue weighted by molar-refractivity contribution is -0.136. The summed E-state index contributed by atoms with van der Waals surface area (Å²) in [7, 11) is 0. The minimum Gasteiger partial charge on any atom is -0.363 e. The van der Waals surface area contributed by atoms with Gasteiger partial charge in [0.05, 0.1) is 5.60 Å². The van der Waals surface area contributed by atoms with E-state index >= 15 is 0 Å². The van der Waals surface area contributed by atoms with Crippen LogP contribution in [0.5, 0.6) is 0 Å². The molecule has 0 aromatic heterocycles. The molecule has 1 amide bonds. The number of carbonyl (C=O) groups is 1. The maximum Gasteiger partial charge on any atom is 0.246 e. The average molecular weight is 256 g/mol. The Morgan fingerprint density at radius 1 is 1.28 bits per heavy atom. The predicted molar refractivity (Wildman–Crippen MR) is 73.4 cm³/mol. The number of hydrogen-bond donors (Lipinski definition) is 2. The van der Waals surface area contributed by atoms with Crippen molar-refractivity contribution in [3.05, 3.63) is 0 Å². The zero-order chi connectivity index (χ0) is 13.8. The normalized spacial score (nSPS) is 18.2. The lowest BCUT2D eigenvalue weighted by Crippen LogP contribution is -2.59. The second-order valence-electron chi connectivity index (χ2n) is 6.30. The Labute approximate surface area is 111 Å². The Kier molecular flexibility index (Phi) is 5.60. The zero-order valence-electron chi connectivity index (χ0n) is 12.4. The number of rotatable bonds is 7. The van der Waals surface area contributed by atoms with Crippen molar-refractivity contribution in [3.63, 3.8) is 0 Å². The van der Waals surface area contributed by atoms with Gasteiger partial charge in [0.2, 0.25) is 5.91 Å². The summed E-state index contributed by atoms with van der Waals surface area (Å²) in [4.78, 5) is 11.7. The fraction of sp³-hybridized carbons (Fsp3) is 0.929. The SMILES string of the molecule is CC(C)C(CNC(=O)COC1(C)CNC1)C(C)C. The van der Waals surface area contributed by atoms with E-state index in [0.717, 1.165) is 19.6 Å². The Morgan fingerprint density at radius 2 is 1.83 bits per heavy atom. The molecule has 0 bridgehead atoms. The molecular formula is C14H28N2O2. The van der Waals surface area contributed by atoms with Gasteiger partial charge in [0.1, 0.15) is 6.61 Å². The van der Waals surface area contributed by atoms with Gasteiger partial charge in [-0.25, -0.2) is 0 Å².